The number of nitrogens with one attached hydrogen (secondary N) is 3. The van der Waals surface area contributed by atoms with Gasteiger partial charge < -0.3 is 20.3 Å². The number of benzene rings is 2. The molecule has 7 rings (SSSR count). The molecule has 0 spiro atoms. The second kappa shape index (κ2) is 16.5. The van der Waals surface area contributed by atoms with Crippen LogP contribution >= 0.6 is 0 Å². The van der Waals surface area contributed by atoms with E-state index < -0.39 is 86.9 Å². The van der Waals surface area contributed by atoms with E-state index in [4.69, 9.17) is 14.9 Å². The van der Waals surface area contributed by atoms with Gasteiger partial charge in [0.15, 0.2) is 0 Å². The third kappa shape index (κ3) is 9.19. The molecule has 316 valence electrons. The maximum absolute atomic E-state index is 14.8. The second-order valence-electron chi connectivity index (χ2n) is 17.4. The minimum atomic E-state index is -4.14. The normalized spacial score (nSPS) is 27.2. The predicted octanol–water partition coefficient (Wildman–Crippen LogP) is 5.48. The number of carbonyl (C=O) groups excluding carboxylic acids is 4. The molecule has 1 aromatic heterocycles. The van der Waals surface area contributed by atoms with Gasteiger partial charge in [-0.15, -0.1) is 0 Å². The van der Waals surface area contributed by atoms with Gasteiger partial charge in [0.05, 0.1) is 23.8 Å². The average molecular weight is 836 g/mol. The van der Waals surface area contributed by atoms with Gasteiger partial charge in [-0.2, -0.15) is 15.0 Å². The van der Waals surface area contributed by atoms with Crippen molar-refractivity contribution in [1.82, 2.24) is 35.2 Å². The summed E-state index contributed by atoms with van der Waals surface area (Å²) in [6.45, 7) is 7.19. The van der Waals surface area contributed by atoms with Crippen LogP contribution in [0.25, 0.3) is 28.6 Å². The number of hydrogen-bond acceptors (Lipinski definition) is 9. The molecule has 6 atom stereocenters. The Morgan fingerprint density at radius 3 is 2.36 bits per heavy atom. The Balaban J connectivity index is 1.28. The number of nitrogens with zero attached hydrogens (tertiary/aromatic N) is 4. The molecule has 59 heavy (non-hydrogen) atoms. The van der Waals surface area contributed by atoms with Crippen LogP contribution in [-0.4, -0.2) is 94.6 Å². The highest BCUT2D eigenvalue weighted by atomic mass is 32.2. The Bertz CT molecular complexity index is 2220. The third-order valence-corrected chi connectivity index (χ3v) is 13.4. The molecular weight excluding hydrogens is 785 g/mol. The number of carbonyl (C=O) groups is 4. The van der Waals surface area contributed by atoms with Crippen molar-refractivity contribution in [3.05, 3.63) is 66.2 Å². The average Bonchev–Trinajstić information content (AvgIpc) is 4.09. The molecule has 3 fully saturated rings. The van der Waals surface area contributed by atoms with Crippen molar-refractivity contribution in [3.63, 3.8) is 0 Å². The van der Waals surface area contributed by atoms with Crippen LogP contribution in [0.3, 0.4) is 0 Å². The van der Waals surface area contributed by atoms with Gasteiger partial charge in [-0.1, -0.05) is 88.4 Å². The van der Waals surface area contributed by atoms with Crippen molar-refractivity contribution in [1.29, 1.82) is 0 Å². The Kier molecular flexibility index (Phi) is 11.7. The lowest BCUT2D eigenvalue weighted by Crippen LogP contribution is -2.60. The van der Waals surface area contributed by atoms with E-state index in [1.165, 1.54) is 9.70 Å². The first-order chi connectivity index (χ1) is 28.0. The van der Waals surface area contributed by atoms with Crippen LogP contribution in [0.5, 0.6) is 0 Å². The number of sulfonamides is 1. The van der Waals surface area contributed by atoms with Gasteiger partial charge in [0.2, 0.25) is 28.3 Å². The number of hydrogen-bond donors (Lipinski definition) is 3. The lowest BCUT2D eigenvalue weighted by atomic mass is 9.85. The van der Waals surface area contributed by atoms with Gasteiger partial charge in [0.25, 0.3) is 5.91 Å². The second-order valence-corrected chi connectivity index (χ2v) is 19.3. The summed E-state index contributed by atoms with van der Waals surface area (Å²) in [4.78, 5) is 58.7. The van der Waals surface area contributed by atoms with E-state index in [0.717, 1.165) is 36.0 Å². The smallest absolute Gasteiger partial charge is 0.407 e. The van der Waals surface area contributed by atoms with Crippen molar-refractivity contribution < 1.29 is 41.1 Å². The summed E-state index contributed by atoms with van der Waals surface area (Å²) in [5.41, 5.74) is 0.487. The van der Waals surface area contributed by atoms with Crippen LogP contribution in [0.4, 0.5) is 13.6 Å². The summed E-state index contributed by atoms with van der Waals surface area (Å²) in [7, 11) is -4.14. The van der Waals surface area contributed by atoms with Gasteiger partial charge >= 0.3 is 6.09 Å². The Labute approximate surface area is 342 Å². The molecule has 1 saturated heterocycles. The van der Waals surface area contributed by atoms with Crippen LogP contribution in [-0.2, 0) is 29.1 Å². The fourth-order valence-electron chi connectivity index (χ4n) is 7.85. The number of allylic oxidation sites excluding steroid dienone is 1. The maximum Gasteiger partial charge on any atom is 0.407 e. The number of alkyl halides is 2. The van der Waals surface area contributed by atoms with E-state index >= 15 is 0 Å². The number of aromatic nitrogens is 3. The summed E-state index contributed by atoms with van der Waals surface area (Å²) >= 11 is 0. The minimum absolute atomic E-state index is 0.0318. The number of halogens is 2. The van der Waals surface area contributed by atoms with E-state index in [1.807, 2.05) is 72.3 Å². The quantitative estimate of drug-likeness (QED) is 0.278. The van der Waals surface area contributed by atoms with Crippen LogP contribution in [0, 0.1) is 17.3 Å². The molecule has 4 aliphatic rings. The van der Waals surface area contributed by atoms with Gasteiger partial charge in [0.1, 0.15) is 29.0 Å². The highest BCUT2D eigenvalue weighted by Crippen LogP contribution is 2.49. The van der Waals surface area contributed by atoms with Crippen LogP contribution in [0.15, 0.2) is 60.7 Å². The zero-order valence-electron chi connectivity index (χ0n) is 33.6. The molecule has 3 N–H and O–H groups in total. The van der Waals surface area contributed by atoms with Gasteiger partial charge in [-0.05, 0) is 61.5 Å². The number of ether oxygens (including phenoxy) is 1. The maximum atomic E-state index is 14.8. The Morgan fingerprint density at radius 2 is 1.69 bits per heavy atom. The van der Waals surface area contributed by atoms with Crippen LogP contribution < -0.4 is 15.4 Å². The molecule has 14 nitrogen and oxygen atoms in total. The molecule has 17 heteroatoms. The zero-order chi connectivity index (χ0) is 42.3. The van der Waals surface area contributed by atoms with Crippen molar-refractivity contribution in [2.45, 2.75) is 108 Å². The number of cyclic esters (lactones) is 1. The molecule has 2 aliphatic heterocycles. The Hall–Kier alpha value is -5.19. The predicted molar refractivity (Wildman–Crippen MR) is 215 cm³/mol. The molecule has 3 heterocycles. The lowest BCUT2D eigenvalue weighted by molar-refractivity contribution is -0.143. The van der Waals surface area contributed by atoms with E-state index in [9.17, 15) is 36.4 Å². The Morgan fingerprint density at radius 1 is 1.00 bits per heavy atom. The third-order valence-electron chi connectivity index (χ3n) is 11.5. The first-order valence-corrected chi connectivity index (χ1v) is 21.7. The number of alkyl carbamates (subject to hydrolysis) is 1. The fraction of sp³-hybridized carbons (Fsp3) is 0.524. The molecular formula is C42H51F2N7O7S. The molecule has 3 aromatic rings. The monoisotopic (exact) mass is 835 g/mol. The molecule has 2 aromatic carbocycles. The first kappa shape index (κ1) is 42.0. The number of amides is 4. The summed E-state index contributed by atoms with van der Waals surface area (Å²) in [5, 5.41) is 14.3. The van der Waals surface area contributed by atoms with Crippen LogP contribution in [0.1, 0.15) is 84.2 Å². The summed E-state index contributed by atoms with van der Waals surface area (Å²) in [5.74, 6) is -4.45. The van der Waals surface area contributed by atoms with Gasteiger partial charge in [0, 0.05) is 24.1 Å². The van der Waals surface area contributed by atoms with E-state index in [1.54, 1.807) is 20.8 Å². The minimum Gasteiger partial charge on any atom is -0.449 e. The topological polar surface area (TPSA) is 182 Å². The van der Waals surface area contributed by atoms with E-state index in [-0.39, 0.29) is 25.5 Å². The molecule has 0 radical (unpaired) electrons. The van der Waals surface area contributed by atoms with Crippen molar-refractivity contribution in [2.75, 3.05) is 13.2 Å². The van der Waals surface area contributed by atoms with E-state index in [0.29, 0.717) is 24.2 Å². The van der Waals surface area contributed by atoms with Crippen molar-refractivity contribution >= 4 is 39.9 Å². The lowest BCUT2D eigenvalue weighted by Gasteiger charge is -2.35. The number of fused-ring (bicyclic) bond motifs is 8. The van der Waals surface area contributed by atoms with Gasteiger partial charge in [-0.25, -0.2) is 22.0 Å². The summed E-state index contributed by atoms with van der Waals surface area (Å²) < 4.78 is 61.5. The van der Waals surface area contributed by atoms with Crippen molar-refractivity contribution in [2.24, 2.45) is 17.3 Å². The molecule has 6 bridgehead atoms. The highest BCUT2D eigenvalue weighted by molar-refractivity contribution is 7.91. The summed E-state index contributed by atoms with van der Waals surface area (Å²) in [6.07, 6.45) is 2.78. The molecule has 4 amide bonds. The fourth-order valence-corrected chi connectivity index (χ4v) is 9.21. The largest absolute Gasteiger partial charge is 0.449 e. The van der Waals surface area contributed by atoms with Crippen LogP contribution in [0.2, 0.25) is 0 Å². The number of rotatable bonds is 7. The highest BCUT2D eigenvalue weighted by Gasteiger charge is 2.67. The van der Waals surface area contributed by atoms with Gasteiger partial charge in [-0.3, -0.25) is 19.1 Å². The summed E-state index contributed by atoms with van der Waals surface area (Å²) in [6, 6.07) is 14.0. The SMILES string of the molecule is C[C@H]1CCC/C=C/c2cccc(c2)-c2nn(nc2-c2ccccc2)C2C[C@@H](C(=O)N[C@@]3(C(=O)NS(=O)(=O)C4CC4)C[C@H]3C(F)F)N(C2)C(=O)[C@H](C(C)(C)C)NC(=O)OC1. The first-order valence-electron chi connectivity index (χ1n) is 20.2. The van der Waals surface area contributed by atoms with E-state index in [2.05, 4.69) is 16.7 Å². The molecule has 2 aliphatic carbocycles. The van der Waals surface area contributed by atoms with Crippen molar-refractivity contribution in [3.8, 4) is 22.5 Å². The standard InChI is InChI=1S/C42H51F2N7O7S/c1-25-12-7-5-8-13-26-14-11-17-28(20-26)34-33(27-15-9-6-10-16-27)47-51(48-34)29-21-32(50(23-29)38(53)35(41(2,3)4)45-40(55)58-24-25)37(52)46-42(22-31(42)36(43)44)39(54)49-59(56,57)30-18-19-30/h6,8-11,13-17,20,25,29-32,35-36H,5,7,12,18-19,21-24H2,1-4H3,(H,45,55)(H,46,52)(H,49,54)/b13-8+/t25-,29?,31-,32-,35+,42-/m0/s1. The molecule has 2 saturated carbocycles. The zero-order valence-corrected chi connectivity index (χ0v) is 34.4. The molecule has 1 unspecified atom stereocenters.